The average molecular weight is 219 g/mol. The molecule has 1 aliphatic carbocycles. The molecule has 1 fully saturated rings. The molecule has 3 unspecified atom stereocenters. The third-order valence-corrected chi connectivity index (χ3v) is 3.56. The van der Waals surface area contributed by atoms with Crippen molar-refractivity contribution >= 4 is 5.82 Å². The summed E-state index contributed by atoms with van der Waals surface area (Å²) >= 11 is 0. The SMILES string of the molecule is Cc1ccc(NC2CCC(C)CC2C)nn1. The average Bonchev–Trinajstić information content (AvgIpc) is 2.25. The van der Waals surface area contributed by atoms with Crippen LogP contribution in [0.5, 0.6) is 0 Å². The highest BCUT2D eigenvalue weighted by atomic mass is 15.2. The van der Waals surface area contributed by atoms with Crippen LogP contribution in [0.1, 0.15) is 38.8 Å². The van der Waals surface area contributed by atoms with E-state index in [1.165, 1.54) is 19.3 Å². The molecule has 1 aromatic rings. The van der Waals surface area contributed by atoms with Crippen LogP contribution in [0.4, 0.5) is 5.82 Å². The van der Waals surface area contributed by atoms with E-state index < -0.39 is 0 Å². The van der Waals surface area contributed by atoms with Crippen LogP contribution in [0.2, 0.25) is 0 Å². The lowest BCUT2D eigenvalue weighted by atomic mass is 9.80. The van der Waals surface area contributed by atoms with Crippen LogP contribution >= 0.6 is 0 Å². The standard InChI is InChI=1S/C13H21N3/c1-9-4-6-12(10(2)8-9)14-13-7-5-11(3)15-16-13/h5,7,9-10,12H,4,6,8H2,1-3H3,(H,14,16). The van der Waals surface area contributed by atoms with Gasteiger partial charge < -0.3 is 5.32 Å². The number of hydrogen-bond donors (Lipinski definition) is 1. The first-order valence-electron chi connectivity index (χ1n) is 6.22. The Morgan fingerprint density at radius 2 is 2.00 bits per heavy atom. The zero-order valence-corrected chi connectivity index (χ0v) is 10.4. The fourth-order valence-corrected chi connectivity index (χ4v) is 2.55. The van der Waals surface area contributed by atoms with Crippen molar-refractivity contribution in [2.24, 2.45) is 11.8 Å². The first-order valence-corrected chi connectivity index (χ1v) is 6.22. The second-order valence-corrected chi connectivity index (χ2v) is 5.21. The predicted molar refractivity (Wildman–Crippen MR) is 66.4 cm³/mol. The summed E-state index contributed by atoms with van der Waals surface area (Å²) in [5, 5.41) is 11.7. The van der Waals surface area contributed by atoms with Gasteiger partial charge in [-0.1, -0.05) is 13.8 Å². The number of nitrogens with one attached hydrogen (secondary N) is 1. The van der Waals surface area contributed by atoms with E-state index in [2.05, 4.69) is 29.4 Å². The molecule has 0 saturated heterocycles. The Labute approximate surface area is 97.7 Å². The molecule has 0 bridgehead atoms. The summed E-state index contributed by atoms with van der Waals surface area (Å²) in [7, 11) is 0. The molecule has 1 saturated carbocycles. The molecular weight excluding hydrogens is 198 g/mol. The minimum Gasteiger partial charge on any atom is -0.366 e. The van der Waals surface area contributed by atoms with Crippen LogP contribution < -0.4 is 5.32 Å². The molecule has 3 nitrogen and oxygen atoms in total. The Balaban J connectivity index is 1.96. The lowest BCUT2D eigenvalue weighted by molar-refractivity contribution is 0.276. The maximum Gasteiger partial charge on any atom is 0.148 e. The smallest absolute Gasteiger partial charge is 0.148 e. The normalized spacial score (nSPS) is 30.1. The summed E-state index contributed by atoms with van der Waals surface area (Å²) in [6, 6.07) is 4.59. The summed E-state index contributed by atoms with van der Waals surface area (Å²) in [5.41, 5.74) is 0.968. The van der Waals surface area contributed by atoms with Crippen LogP contribution in [0.25, 0.3) is 0 Å². The second kappa shape index (κ2) is 4.81. The van der Waals surface area contributed by atoms with Crippen LogP contribution in [0.15, 0.2) is 12.1 Å². The number of aryl methyl sites for hydroxylation is 1. The largest absolute Gasteiger partial charge is 0.366 e. The lowest BCUT2D eigenvalue weighted by Crippen LogP contribution is -2.33. The molecule has 0 spiro atoms. The Bertz CT molecular complexity index is 334. The van der Waals surface area contributed by atoms with Crippen LogP contribution in [0.3, 0.4) is 0 Å². The molecular formula is C13H21N3. The van der Waals surface area contributed by atoms with Crippen molar-refractivity contribution in [3.63, 3.8) is 0 Å². The van der Waals surface area contributed by atoms with Gasteiger partial charge in [-0.2, -0.15) is 5.10 Å². The van der Waals surface area contributed by atoms with Gasteiger partial charge >= 0.3 is 0 Å². The van der Waals surface area contributed by atoms with Crippen molar-refractivity contribution < 1.29 is 0 Å². The maximum atomic E-state index is 4.16. The van der Waals surface area contributed by atoms with Crippen LogP contribution in [-0.4, -0.2) is 16.2 Å². The summed E-state index contributed by atoms with van der Waals surface area (Å²) in [6.07, 6.45) is 3.89. The van der Waals surface area contributed by atoms with Gasteiger partial charge in [0, 0.05) is 6.04 Å². The van der Waals surface area contributed by atoms with Gasteiger partial charge in [-0.25, -0.2) is 0 Å². The quantitative estimate of drug-likeness (QED) is 0.830. The van der Waals surface area contributed by atoms with Gasteiger partial charge in [-0.3, -0.25) is 0 Å². The van der Waals surface area contributed by atoms with Crippen molar-refractivity contribution in [1.29, 1.82) is 0 Å². The topological polar surface area (TPSA) is 37.8 Å². The van der Waals surface area contributed by atoms with Gasteiger partial charge in [0.25, 0.3) is 0 Å². The molecule has 16 heavy (non-hydrogen) atoms. The number of hydrogen-bond acceptors (Lipinski definition) is 3. The second-order valence-electron chi connectivity index (χ2n) is 5.21. The number of aromatic nitrogens is 2. The first-order chi connectivity index (χ1) is 7.65. The van der Waals surface area contributed by atoms with Crippen LogP contribution in [-0.2, 0) is 0 Å². The van der Waals surface area contributed by atoms with Gasteiger partial charge in [0.15, 0.2) is 0 Å². The molecule has 1 N–H and O–H groups in total. The molecule has 0 radical (unpaired) electrons. The molecule has 3 heteroatoms. The fraction of sp³-hybridized carbons (Fsp3) is 0.692. The van der Waals surface area contributed by atoms with Gasteiger partial charge in [0.1, 0.15) is 5.82 Å². The van der Waals surface area contributed by atoms with E-state index in [1.54, 1.807) is 0 Å². The van der Waals surface area contributed by atoms with Crippen molar-refractivity contribution in [2.45, 2.75) is 46.1 Å². The minimum atomic E-state index is 0.563. The first kappa shape index (κ1) is 11.4. The molecule has 1 aromatic heterocycles. The van der Waals surface area contributed by atoms with Gasteiger partial charge in [0.2, 0.25) is 0 Å². The third-order valence-electron chi connectivity index (χ3n) is 3.56. The summed E-state index contributed by atoms with van der Waals surface area (Å²) < 4.78 is 0. The Hall–Kier alpha value is -1.12. The van der Waals surface area contributed by atoms with E-state index in [9.17, 15) is 0 Å². The van der Waals surface area contributed by atoms with E-state index in [0.29, 0.717) is 6.04 Å². The molecule has 0 aromatic carbocycles. The molecule has 0 amide bonds. The van der Waals surface area contributed by atoms with Crippen LogP contribution in [0, 0.1) is 18.8 Å². The lowest BCUT2D eigenvalue weighted by Gasteiger charge is -2.33. The van der Waals surface area contributed by atoms with Crippen molar-refractivity contribution in [2.75, 3.05) is 5.32 Å². The van der Waals surface area contributed by atoms with E-state index in [-0.39, 0.29) is 0 Å². The highest BCUT2D eigenvalue weighted by Crippen LogP contribution is 2.30. The Kier molecular flexibility index (Phi) is 3.42. The molecule has 2 rings (SSSR count). The maximum absolute atomic E-state index is 4.16. The highest BCUT2D eigenvalue weighted by molar-refractivity contribution is 5.34. The zero-order chi connectivity index (χ0) is 11.5. The summed E-state index contributed by atoms with van der Waals surface area (Å²) in [6.45, 7) is 6.63. The molecule has 1 aliphatic rings. The van der Waals surface area contributed by atoms with E-state index >= 15 is 0 Å². The summed E-state index contributed by atoms with van der Waals surface area (Å²) in [4.78, 5) is 0. The van der Waals surface area contributed by atoms with Crippen molar-refractivity contribution in [3.05, 3.63) is 17.8 Å². The molecule has 1 heterocycles. The third kappa shape index (κ3) is 2.71. The summed E-state index contributed by atoms with van der Waals surface area (Å²) in [5.74, 6) is 2.51. The zero-order valence-electron chi connectivity index (χ0n) is 10.4. The highest BCUT2D eigenvalue weighted by Gasteiger charge is 2.25. The number of rotatable bonds is 2. The predicted octanol–water partition coefficient (Wildman–Crippen LogP) is 3.02. The Morgan fingerprint density at radius 3 is 2.62 bits per heavy atom. The van der Waals surface area contributed by atoms with Gasteiger partial charge in [-0.15, -0.1) is 5.10 Å². The monoisotopic (exact) mass is 219 g/mol. The van der Waals surface area contributed by atoms with Crippen molar-refractivity contribution in [1.82, 2.24) is 10.2 Å². The molecule has 88 valence electrons. The van der Waals surface area contributed by atoms with E-state index in [1.807, 2.05) is 19.1 Å². The molecule has 3 atom stereocenters. The Morgan fingerprint density at radius 1 is 1.19 bits per heavy atom. The fourth-order valence-electron chi connectivity index (χ4n) is 2.55. The minimum absolute atomic E-state index is 0.563. The number of anilines is 1. The van der Waals surface area contributed by atoms with Crippen molar-refractivity contribution in [3.8, 4) is 0 Å². The number of nitrogens with zero attached hydrogens (tertiary/aromatic N) is 2. The van der Waals surface area contributed by atoms with E-state index in [0.717, 1.165) is 23.3 Å². The molecule has 0 aliphatic heterocycles. The van der Waals surface area contributed by atoms with Gasteiger partial charge in [0.05, 0.1) is 5.69 Å². The van der Waals surface area contributed by atoms with Gasteiger partial charge in [-0.05, 0) is 50.2 Å². The van der Waals surface area contributed by atoms with E-state index in [4.69, 9.17) is 0 Å².